The van der Waals surface area contributed by atoms with Gasteiger partial charge in [0.1, 0.15) is 0 Å². The van der Waals surface area contributed by atoms with Gasteiger partial charge in [-0.05, 0) is 26.8 Å². The Hall–Kier alpha value is -0.120. The first-order valence-corrected chi connectivity index (χ1v) is 4.13. The molecular weight excluding hydrogens is 140 g/mol. The quantitative estimate of drug-likeness (QED) is 0.544. The molecule has 70 valence electrons. The van der Waals surface area contributed by atoms with Crippen molar-refractivity contribution in [2.45, 2.75) is 38.6 Å². The molecule has 0 aromatic heterocycles. The highest BCUT2D eigenvalue weighted by atomic mass is 16.2. The second kappa shape index (κ2) is 9.88. The number of hydrogen-bond donors (Lipinski definition) is 3. The van der Waals surface area contributed by atoms with Crippen molar-refractivity contribution >= 4 is 0 Å². The van der Waals surface area contributed by atoms with E-state index in [1.54, 1.807) is 6.92 Å². The third-order valence-corrected chi connectivity index (χ3v) is 1.76. The Kier molecular flexibility index (Phi) is 12.1. The van der Waals surface area contributed by atoms with E-state index in [0.717, 1.165) is 6.04 Å². The van der Waals surface area contributed by atoms with E-state index in [9.17, 15) is 0 Å². The van der Waals surface area contributed by atoms with Gasteiger partial charge in [-0.3, -0.25) is 0 Å². The highest BCUT2D eigenvalue weighted by Crippen LogP contribution is 2.16. The molecule has 0 atom stereocenters. The van der Waals surface area contributed by atoms with Crippen LogP contribution in [-0.2, 0) is 0 Å². The number of aliphatic hydroxyl groups excluding tert-OH is 1. The molecule has 0 aromatic carbocycles. The molecule has 1 aliphatic carbocycles. The van der Waals surface area contributed by atoms with E-state index in [0.29, 0.717) is 0 Å². The van der Waals surface area contributed by atoms with Crippen molar-refractivity contribution in [2.24, 2.45) is 0 Å². The fourth-order valence-corrected chi connectivity index (χ4v) is 1.21. The van der Waals surface area contributed by atoms with Crippen LogP contribution in [0.4, 0.5) is 0 Å². The maximum atomic E-state index is 7.57. The van der Waals surface area contributed by atoms with Crippen molar-refractivity contribution in [3.8, 4) is 0 Å². The van der Waals surface area contributed by atoms with Crippen LogP contribution in [-0.4, -0.2) is 24.8 Å². The van der Waals surface area contributed by atoms with E-state index < -0.39 is 0 Å². The maximum absolute atomic E-state index is 7.57. The molecule has 5 N–H and O–H groups in total. The number of nitrogens with one attached hydrogen (secondary N) is 1. The Morgan fingerprint density at radius 3 is 1.91 bits per heavy atom. The van der Waals surface area contributed by atoms with Gasteiger partial charge in [-0.15, -0.1) is 0 Å². The SMILES string of the molecule is CCO.CNC1CCCC1.N. The third kappa shape index (κ3) is 7.78. The Bertz CT molecular complexity index is 63.1. The van der Waals surface area contributed by atoms with E-state index >= 15 is 0 Å². The van der Waals surface area contributed by atoms with Gasteiger partial charge in [0, 0.05) is 12.6 Å². The molecule has 1 saturated carbocycles. The van der Waals surface area contributed by atoms with Gasteiger partial charge < -0.3 is 16.6 Å². The summed E-state index contributed by atoms with van der Waals surface area (Å²) in [6.07, 6.45) is 5.67. The number of hydrogen-bond acceptors (Lipinski definition) is 3. The van der Waals surface area contributed by atoms with Crippen molar-refractivity contribution < 1.29 is 5.11 Å². The van der Waals surface area contributed by atoms with Crippen LogP contribution in [0.5, 0.6) is 0 Å². The summed E-state index contributed by atoms with van der Waals surface area (Å²) in [5.41, 5.74) is 0. The summed E-state index contributed by atoms with van der Waals surface area (Å²) in [6, 6.07) is 0.847. The van der Waals surface area contributed by atoms with Crippen LogP contribution in [0.2, 0.25) is 0 Å². The molecule has 1 aliphatic rings. The van der Waals surface area contributed by atoms with Crippen molar-refractivity contribution in [2.75, 3.05) is 13.7 Å². The molecule has 0 amide bonds. The van der Waals surface area contributed by atoms with Crippen molar-refractivity contribution in [3.63, 3.8) is 0 Å². The second-order valence-electron chi connectivity index (χ2n) is 2.59. The summed E-state index contributed by atoms with van der Waals surface area (Å²) in [6.45, 7) is 1.93. The molecule has 0 unspecified atom stereocenters. The van der Waals surface area contributed by atoms with Crippen LogP contribution in [0.1, 0.15) is 32.6 Å². The topological polar surface area (TPSA) is 67.3 Å². The lowest BCUT2D eigenvalue weighted by atomic mass is 10.3. The highest BCUT2D eigenvalue weighted by Gasteiger charge is 2.10. The van der Waals surface area contributed by atoms with Crippen molar-refractivity contribution in [3.05, 3.63) is 0 Å². The van der Waals surface area contributed by atoms with Gasteiger partial charge in [-0.1, -0.05) is 12.8 Å². The first kappa shape index (κ1) is 13.5. The zero-order chi connectivity index (χ0) is 7.82. The molecule has 0 spiro atoms. The van der Waals surface area contributed by atoms with Gasteiger partial charge in [0.25, 0.3) is 0 Å². The Labute approximate surface area is 69.8 Å². The second-order valence-corrected chi connectivity index (χ2v) is 2.59. The lowest BCUT2D eigenvalue weighted by molar-refractivity contribution is 0.318. The standard InChI is InChI=1S/C6H13N.C2H6O.H3N/c1-7-6-4-2-3-5-6;1-2-3;/h6-7H,2-5H2,1H3;3H,2H2,1H3;1H3. The van der Waals surface area contributed by atoms with E-state index in [-0.39, 0.29) is 12.8 Å². The average molecular weight is 162 g/mol. The van der Waals surface area contributed by atoms with E-state index in [1.807, 2.05) is 0 Å². The molecule has 0 saturated heterocycles. The van der Waals surface area contributed by atoms with Gasteiger partial charge in [-0.2, -0.15) is 0 Å². The molecule has 3 heteroatoms. The summed E-state index contributed by atoms with van der Waals surface area (Å²) in [7, 11) is 2.05. The van der Waals surface area contributed by atoms with Gasteiger partial charge >= 0.3 is 0 Å². The summed E-state index contributed by atoms with van der Waals surface area (Å²) < 4.78 is 0. The molecule has 0 aliphatic heterocycles. The van der Waals surface area contributed by atoms with Crippen molar-refractivity contribution in [1.29, 1.82) is 0 Å². The van der Waals surface area contributed by atoms with Crippen LogP contribution in [0, 0.1) is 0 Å². The van der Waals surface area contributed by atoms with Gasteiger partial charge in [0.05, 0.1) is 0 Å². The van der Waals surface area contributed by atoms with E-state index in [4.69, 9.17) is 5.11 Å². The number of aliphatic hydroxyl groups is 1. The molecule has 1 rings (SSSR count). The Morgan fingerprint density at radius 2 is 1.73 bits per heavy atom. The molecule has 3 nitrogen and oxygen atoms in total. The smallest absolute Gasteiger partial charge is 0.0402 e. The van der Waals surface area contributed by atoms with Crippen LogP contribution in [0.25, 0.3) is 0 Å². The molecule has 0 bridgehead atoms. The van der Waals surface area contributed by atoms with Gasteiger partial charge in [0.15, 0.2) is 0 Å². The zero-order valence-electron chi connectivity index (χ0n) is 7.77. The molecule has 0 aromatic rings. The Balaban J connectivity index is 0. The predicted molar refractivity (Wildman–Crippen MR) is 49.1 cm³/mol. The van der Waals surface area contributed by atoms with E-state index in [2.05, 4.69) is 12.4 Å². The normalized spacial score (nSPS) is 16.6. The van der Waals surface area contributed by atoms with Crippen LogP contribution >= 0.6 is 0 Å². The van der Waals surface area contributed by atoms with Gasteiger partial charge in [0.2, 0.25) is 0 Å². The fourth-order valence-electron chi connectivity index (χ4n) is 1.21. The Morgan fingerprint density at radius 1 is 1.36 bits per heavy atom. The fraction of sp³-hybridized carbons (Fsp3) is 1.00. The van der Waals surface area contributed by atoms with E-state index in [1.165, 1.54) is 25.7 Å². The van der Waals surface area contributed by atoms with Crippen LogP contribution < -0.4 is 11.5 Å². The summed E-state index contributed by atoms with van der Waals surface area (Å²) in [4.78, 5) is 0. The summed E-state index contributed by atoms with van der Waals surface area (Å²) in [5, 5.41) is 10.8. The molecule has 11 heavy (non-hydrogen) atoms. The third-order valence-electron chi connectivity index (χ3n) is 1.76. The van der Waals surface area contributed by atoms with Crippen molar-refractivity contribution in [1.82, 2.24) is 11.5 Å². The molecular formula is C8H22N2O. The monoisotopic (exact) mass is 162 g/mol. The first-order valence-electron chi connectivity index (χ1n) is 4.13. The minimum Gasteiger partial charge on any atom is -0.397 e. The number of rotatable bonds is 1. The highest BCUT2D eigenvalue weighted by molar-refractivity contribution is 4.70. The summed E-state index contributed by atoms with van der Waals surface area (Å²) in [5.74, 6) is 0. The molecule has 1 fully saturated rings. The van der Waals surface area contributed by atoms with Gasteiger partial charge in [-0.25, -0.2) is 0 Å². The maximum Gasteiger partial charge on any atom is 0.0402 e. The largest absolute Gasteiger partial charge is 0.397 e. The van der Waals surface area contributed by atoms with Crippen LogP contribution in [0.3, 0.4) is 0 Å². The lowest BCUT2D eigenvalue weighted by Gasteiger charge is -2.03. The summed E-state index contributed by atoms with van der Waals surface area (Å²) >= 11 is 0. The molecule has 0 radical (unpaired) electrons. The minimum absolute atomic E-state index is 0. The lowest BCUT2D eigenvalue weighted by Crippen LogP contribution is -2.20. The van der Waals surface area contributed by atoms with Crippen LogP contribution in [0.15, 0.2) is 0 Å². The zero-order valence-corrected chi connectivity index (χ0v) is 7.77. The first-order chi connectivity index (χ1) is 4.85. The molecule has 0 heterocycles. The minimum atomic E-state index is 0. The average Bonchev–Trinajstić information content (AvgIpc) is 2.39. The predicted octanol–water partition coefficient (Wildman–Crippen LogP) is 1.31.